The fourth-order valence-corrected chi connectivity index (χ4v) is 2.65. The van der Waals surface area contributed by atoms with Crippen molar-refractivity contribution in [3.05, 3.63) is 34.4 Å². The molecule has 2 heterocycles. The van der Waals surface area contributed by atoms with E-state index in [0.29, 0.717) is 19.6 Å². The van der Waals surface area contributed by atoms with Crippen LogP contribution in [-0.4, -0.2) is 36.7 Å². The smallest absolute Gasteiger partial charge is 0.430 e. The lowest BCUT2D eigenvalue weighted by Crippen LogP contribution is -2.40. The fraction of sp³-hybridized carbons (Fsp3) is 0.500. The number of rotatable bonds is 3. The average molecular weight is 309 g/mol. The normalized spacial score (nSPS) is 27.0. The summed E-state index contributed by atoms with van der Waals surface area (Å²) in [5.41, 5.74) is -0.0731. The first-order chi connectivity index (χ1) is 10.6. The molecule has 22 heavy (non-hydrogen) atoms. The lowest BCUT2D eigenvalue weighted by Gasteiger charge is -2.31. The van der Waals surface area contributed by atoms with E-state index in [0.717, 1.165) is 6.42 Å². The molecule has 0 N–H and O–H groups in total. The van der Waals surface area contributed by atoms with E-state index in [1.54, 1.807) is 0 Å². The molecule has 2 fully saturated rings. The zero-order valence-electron chi connectivity index (χ0n) is 11.7. The van der Waals surface area contributed by atoms with Crippen molar-refractivity contribution in [1.29, 1.82) is 0 Å². The highest BCUT2D eigenvalue weighted by Crippen LogP contribution is 2.32. The molecule has 2 aliphatic rings. The van der Waals surface area contributed by atoms with Crippen molar-refractivity contribution >= 4 is 11.8 Å². The maximum atomic E-state index is 11.8. The van der Waals surface area contributed by atoms with Gasteiger partial charge in [-0.2, -0.15) is 0 Å². The molecule has 2 saturated heterocycles. The Balaban J connectivity index is 1.56. The molecule has 0 radical (unpaired) electrons. The quantitative estimate of drug-likeness (QED) is 0.365. The summed E-state index contributed by atoms with van der Waals surface area (Å²) in [4.78, 5) is 21.9. The summed E-state index contributed by atoms with van der Waals surface area (Å²) < 4.78 is 21.2. The first-order valence-electron chi connectivity index (χ1n) is 6.99. The molecule has 3 atom stereocenters. The third kappa shape index (κ3) is 3.18. The number of non-ortho nitro benzene ring substituents is 1. The predicted molar refractivity (Wildman–Crippen MR) is 72.4 cm³/mol. The van der Waals surface area contributed by atoms with Gasteiger partial charge in [-0.05, 0) is 18.6 Å². The van der Waals surface area contributed by atoms with Gasteiger partial charge in [-0.15, -0.1) is 0 Å². The number of hydrogen-bond donors (Lipinski definition) is 0. The topological polar surface area (TPSA) is 97.1 Å². The standard InChI is InChI=1S/C14H15NO7/c16-14(21-10-3-1-9(2-4-10)15(17)18)22-12-6-8-20-13-11(12)5-7-19-13/h1-4,11-13H,5-8H2/t11-,12+,13+/m1/s1. The molecule has 0 saturated carbocycles. The van der Waals surface area contributed by atoms with E-state index in [1.165, 1.54) is 24.3 Å². The summed E-state index contributed by atoms with van der Waals surface area (Å²) in [7, 11) is 0. The van der Waals surface area contributed by atoms with Crippen LogP contribution in [0.3, 0.4) is 0 Å². The Morgan fingerprint density at radius 3 is 2.55 bits per heavy atom. The summed E-state index contributed by atoms with van der Waals surface area (Å²) in [6.45, 7) is 1.06. The SMILES string of the molecule is O=C(Oc1ccc([N+](=O)[O-])cc1)O[C@H]1CCO[C@@H]2OCC[C@@H]21. The van der Waals surface area contributed by atoms with Gasteiger partial charge in [0.15, 0.2) is 6.29 Å². The maximum Gasteiger partial charge on any atom is 0.514 e. The molecule has 8 heteroatoms. The molecular formula is C14H15NO7. The first kappa shape index (κ1) is 14.7. The molecule has 1 aromatic carbocycles. The minimum Gasteiger partial charge on any atom is -0.430 e. The van der Waals surface area contributed by atoms with Gasteiger partial charge in [-0.1, -0.05) is 0 Å². The van der Waals surface area contributed by atoms with Crippen LogP contribution in [0.15, 0.2) is 24.3 Å². The third-order valence-corrected chi connectivity index (χ3v) is 3.74. The number of benzene rings is 1. The number of fused-ring (bicyclic) bond motifs is 1. The van der Waals surface area contributed by atoms with E-state index in [-0.39, 0.29) is 29.7 Å². The monoisotopic (exact) mass is 309 g/mol. The number of ether oxygens (including phenoxy) is 4. The van der Waals surface area contributed by atoms with E-state index >= 15 is 0 Å². The molecule has 0 unspecified atom stereocenters. The van der Waals surface area contributed by atoms with Crippen molar-refractivity contribution in [1.82, 2.24) is 0 Å². The number of nitro benzene ring substituents is 1. The number of nitrogens with zero attached hydrogens (tertiary/aromatic N) is 1. The molecular weight excluding hydrogens is 294 g/mol. The molecule has 0 amide bonds. The van der Waals surface area contributed by atoms with E-state index in [9.17, 15) is 14.9 Å². The second kappa shape index (κ2) is 6.29. The van der Waals surface area contributed by atoms with Crippen molar-refractivity contribution in [2.75, 3.05) is 13.2 Å². The van der Waals surface area contributed by atoms with Gasteiger partial charge < -0.3 is 18.9 Å². The zero-order chi connectivity index (χ0) is 15.5. The van der Waals surface area contributed by atoms with Crippen molar-refractivity contribution < 1.29 is 28.7 Å². The first-order valence-corrected chi connectivity index (χ1v) is 6.99. The summed E-state index contributed by atoms with van der Waals surface area (Å²) in [5.74, 6) is 0.222. The largest absolute Gasteiger partial charge is 0.514 e. The maximum absolute atomic E-state index is 11.8. The molecule has 1 aromatic rings. The van der Waals surface area contributed by atoms with Gasteiger partial charge in [0.1, 0.15) is 11.9 Å². The molecule has 0 spiro atoms. The lowest BCUT2D eigenvalue weighted by molar-refractivity contribution is -0.384. The molecule has 0 aromatic heterocycles. The highest BCUT2D eigenvalue weighted by atomic mass is 16.7. The van der Waals surface area contributed by atoms with Gasteiger partial charge in [0.25, 0.3) is 5.69 Å². The van der Waals surface area contributed by atoms with Crippen LogP contribution in [0, 0.1) is 16.0 Å². The van der Waals surface area contributed by atoms with Crippen LogP contribution in [-0.2, 0) is 14.2 Å². The molecule has 0 bridgehead atoms. The van der Waals surface area contributed by atoms with Crippen LogP contribution in [0.25, 0.3) is 0 Å². The van der Waals surface area contributed by atoms with E-state index in [4.69, 9.17) is 18.9 Å². The van der Waals surface area contributed by atoms with E-state index in [2.05, 4.69) is 0 Å². The zero-order valence-corrected chi connectivity index (χ0v) is 11.7. The minimum absolute atomic E-state index is 0.0261. The molecule has 2 aliphatic heterocycles. The summed E-state index contributed by atoms with van der Waals surface area (Å²) in [6, 6.07) is 5.23. The second-order valence-corrected chi connectivity index (χ2v) is 5.11. The van der Waals surface area contributed by atoms with Crippen LogP contribution in [0.1, 0.15) is 12.8 Å². The number of carbonyl (C=O) groups excluding carboxylic acids is 1. The Morgan fingerprint density at radius 1 is 1.18 bits per heavy atom. The van der Waals surface area contributed by atoms with Gasteiger partial charge >= 0.3 is 6.16 Å². The predicted octanol–water partition coefficient (Wildman–Crippen LogP) is 2.26. The van der Waals surface area contributed by atoms with E-state index in [1.807, 2.05) is 0 Å². The Hall–Kier alpha value is -2.19. The van der Waals surface area contributed by atoms with Crippen LogP contribution < -0.4 is 4.74 Å². The van der Waals surface area contributed by atoms with Crippen LogP contribution >= 0.6 is 0 Å². The molecule has 3 rings (SSSR count). The van der Waals surface area contributed by atoms with Crippen molar-refractivity contribution in [3.8, 4) is 5.75 Å². The molecule has 118 valence electrons. The summed E-state index contributed by atoms with van der Waals surface area (Å²) in [6.07, 6.45) is -0.0656. The van der Waals surface area contributed by atoms with Crippen LogP contribution in [0.2, 0.25) is 0 Å². The average Bonchev–Trinajstić information content (AvgIpc) is 2.97. The third-order valence-electron chi connectivity index (χ3n) is 3.74. The fourth-order valence-electron chi connectivity index (χ4n) is 2.65. The summed E-state index contributed by atoms with van der Waals surface area (Å²) >= 11 is 0. The number of hydrogen-bond acceptors (Lipinski definition) is 7. The van der Waals surface area contributed by atoms with Crippen molar-refractivity contribution in [2.24, 2.45) is 5.92 Å². The Morgan fingerprint density at radius 2 is 1.86 bits per heavy atom. The van der Waals surface area contributed by atoms with Crippen molar-refractivity contribution in [3.63, 3.8) is 0 Å². The van der Waals surface area contributed by atoms with Gasteiger partial charge in [-0.3, -0.25) is 10.1 Å². The van der Waals surface area contributed by atoms with Gasteiger partial charge in [0, 0.05) is 24.5 Å². The number of carbonyl (C=O) groups is 1. The van der Waals surface area contributed by atoms with Crippen molar-refractivity contribution in [2.45, 2.75) is 25.2 Å². The Kier molecular flexibility index (Phi) is 4.21. The van der Waals surface area contributed by atoms with Crippen LogP contribution in [0.4, 0.5) is 10.5 Å². The van der Waals surface area contributed by atoms with Gasteiger partial charge in [0.2, 0.25) is 0 Å². The Labute approximate surface area is 126 Å². The Bertz CT molecular complexity index is 559. The molecule has 0 aliphatic carbocycles. The minimum atomic E-state index is -0.827. The summed E-state index contributed by atoms with van der Waals surface area (Å²) in [5, 5.41) is 10.6. The van der Waals surface area contributed by atoms with Gasteiger partial charge in [0.05, 0.1) is 18.1 Å². The highest BCUT2D eigenvalue weighted by Gasteiger charge is 2.41. The highest BCUT2D eigenvalue weighted by molar-refractivity contribution is 5.64. The van der Waals surface area contributed by atoms with Crippen LogP contribution in [0.5, 0.6) is 5.75 Å². The van der Waals surface area contributed by atoms with Gasteiger partial charge in [-0.25, -0.2) is 4.79 Å². The van der Waals surface area contributed by atoms with E-state index < -0.39 is 11.1 Å². The number of nitro groups is 1. The molecule has 8 nitrogen and oxygen atoms in total. The second-order valence-electron chi connectivity index (χ2n) is 5.11. The lowest BCUT2D eigenvalue weighted by atomic mass is 9.96.